The van der Waals surface area contributed by atoms with Gasteiger partial charge in [0.2, 0.25) is 12.7 Å². The van der Waals surface area contributed by atoms with E-state index in [1.54, 1.807) is 0 Å². The van der Waals surface area contributed by atoms with Crippen molar-refractivity contribution in [2.75, 3.05) is 26.4 Å². The van der Waals surface area contributed by atoms with Gasteiger partial charge in [0.15, 0.2) is 0 Å². The number of alkyl halides is 8. The van der Waals surface area contributed by atoms with Gasteiger partial charge < -0.3 is 14.2 Å². The van der Waals surface area contributed by atoms with Crippen LogP contribution in [0.25, 0.3) is 0 Å². The highest BCUT2D eigenvalue weighted by atomic mass is 19.4. The van der Waals surface area contributed by atoms with Crippen molar-refractivity contribution in [3.63, 3.8) is 0 Å². The van der Waals surface area contributed by atoms with Crippen LogP contribution < -0.4 is 0 Å². The molecule has 0 spiro atoms. The van der Waals surface area contributed by atoms with E-state index in [2.05, 4.69) is 14.2 Å². The van der Waals surface area contributed by atoms with Crippen LogP contribution >= 0.6 is 0 Å². The summed E-state index contributed by atoms with van der Waals surface area (Å²) in [4.78, 5) is 0. The second-order valence-electron chi connectivity index (χ2n) is 3.81. The van der Waals surface area contributed by atoms with Gasteiger partial charge in [-0.25, -0.2) is 8.78 Å². The van der Waals surface area contributed by atoms with Crippen LogP contribution in [0.5, 0.6) is 0 Å². The first-order valence-electron chi connectivity index (χ1n) is 5.72. The van der Waals surface area contributed by atoms with Crippen molar-refractivity contribution in [3.8, 4) is 0 Å². The third-order valence-corrected chi connectivity index (χ3v) is 1.84. The standard InChI is InChI=1S/C10H14F8O3/c11-7(5-9(13,14)15)20-3-1-19-2-4-21-8(12)6-10(16,17)18/h7-8H,1-6H2. The molecule has 0 aromatic heterocycles. The zero-order chi connectivity index (χ0) is 16.5. The van der Waals surface area contributed by atoms with Crippen molar-refractivity contribution in [2.24, 2.45) is 0 Å². The van der Waals surface area contributed by atoms with Gasteiger partial charge in [0.05, 0.1) is 39.3 Å². The Morgan fingerprint density at radius 3 is 1.24 bits per heavy atom. The molecule has 0 amide bonds. The number of hydrogen-bond acceptors (Lipinski definition) is 3. The number of ether oxygens (including phenoxy) is 3. The average Bonchev–Trinajstić information content (AvgIpc) is 2.22. The van der Waals surface area contributed by atoms with E-state index in [9.17, 15) is 35.1 Å². The van der Waals surface area contributed by atoms with E-state index < -0.39 is 51.1 Å². The summed E-state index contributed by atoms with van der Waals surface area (Å²) in [6, 6.07) is 0. The fourth-order valence-corrected chi connectivity index (χ4v) is 1.05. The Balaban J connectivity index is 3.45. The molecule has 0 radical (unpaired) electrons. The molecule has 0 N–H and O–H groups in total. The second-order valence-corrected chi connectivity index (χ2v) is 3.81. The highest BCUT2D eigenvalue weighted by Crippen LogP contribution is 2.24. The molecular weight excluding hydrogens is 320 g/mol. The Morgan fingerprint density at radius 1 is 0.619 bits per heavy atom. The molecule has 0 bridgehead atoms. The van der Waals surface area contributed by atoms with E-state index in [-0.39, 0.29) is 13.2 Å². The van der Waals surface area contributed by atoms with Crippen molar-refractivity contribution in [2.45, 2.75) is 37.9 Å². The lowest BCUT2D eigenvalue weighted by Gasteiger charge is -2.13. The normalized spacial score (nSPS) is 16.0. The van der Waals surface area contributed by atoms with E-state index >= 15 is 0 Å². The van der Waals surface area contributed by atoms with Crippen LogP contribution in [0.3, 0.4) is 0 Å². The molecule has 0 aliphatic heterocycles. The lowest BCUT2D eigenvalue weighted by atomic mass is 10.4. The maximum atomic E-state index is 12.6. The lowest BCUT2D eigenvalue weighted by molar-refractivity contribution is -0.188. The molecule has 21 heavy (non-hydrogen) atoms. The lowest BCUT2D eigenvalue weighted by Crippen LogP contribution is -2.22. The molecule has 0 heterocycles. The maximum absolute atomic E-state index is 12.6. The zero-order valence-electron chi connectivity index (χ0n) is 10.6. The molecule has 2 atom stereocenters. The first-order chi connectivity index (χ1) is 9.49. The SMILES string of the molecule is FC(CC(F)(F)F)OCCOCCOC(F)CC(F)(F)F. The van der Waals surface area contributed by atoms with Gasteiger partial charge in [-0.15, -0.1) is 0 Å². The summed E-state index contributed by atoms with van der Waals surface area (Å²) < 4.78 is 108. The molecule has 2 unspecified atom stereocenters. The minimum absolute atomic E-state index is 0.308. The van der Waals surface area contributed by atoms with Gasteiger partial charge in [-0.1, -0.05) is 0 Å². The van der Waals surface area contributed by atoms with Crippen LogP contribution in [0.2, 0.25) is 0 Å². The summed E-state index contributed by atoms with van der Waals surface area (Å²) >= 11 is 0. The molecule has 3 nitrogen and oxygen atoms in total. The topological polar surface area (TPSA) is 27.7 Å². The van der Waals surface area contributed by atoms with E-state index in [4.69, 9.17) is 0 Å². The molecule has 0 aliphatic carbocycles. The number of hydrogen-bond donors (Lipinski definition) is 0. The van der Waals surface area contributed by atoms with Gasteiger partial charge in [0.25, 0.3) is 0 Å². The van der Waals surface area contributed by atoms with Crippen LogP contribution in [0.1, 0.15) is 12.8 Å². The van der Waals surface area contributed by atoms with E-state index in [1.807, 2.05) is 0 Å². The molecule has 0 aliphatic rings. The second kappa shape index (κ2) is 9.36. The zero-order valence-corrected chi connectivity index (χ0v) is 10.6. The van der Waals surface area contributed by atoms with Gasteiger partial charge in [-0.05, 0) is 0 Å². The van der Waals surface area contributed by atoms with Crippen molar-refractivity contribution in [1.82, 2.24) is 0 Å². The van der Waals surface area contributed by atoms with Crippen LogP contribution in [-0.2, 0) is 14.2 Å². The fourth-order valence-electron chi connectivity index (χ4n) is 1.05. The van der Waals surface area contributed by atoms with Crippen LogP contribution in [-0.4, -0.2) is 51.5 Å². The van der Waals surface area contributed by atoms with Gasteiger partial charge in [-0.2, -0.15) is 26.3 Å². The Hall–Kier alpha value is -0.680. The highest BCUT2D eigenvalue weighted by Gasteiger charge is 2.33. The molecular formula is C10H14F8O3. The number of rotatable bonds is 10. The molecule has 0 fully saturated rings. The Morgan fingerprint density at radius 2 is 0.952 bits per heavy atom. The highest BCUT2D eigenvalue weighted by molar-refractivity contribution is 4.54. The minimum Gasteiger partial charge on any atom is -0.377 e. The molecule has 0 saturated heterocycles. The summed E-state index contributed by atoms with van der Waals surface area (Å²) in [5.74, 6) is 0. The fraction of sp³-hybridized carbons (Fsp3) is 1.00. The van der Waals surface area contributed by atoms with Crippen molar-refractivity contribution in [3.05, 3.63) is 0 Å². The Bertz CT molecular complexity index is 242. The number of halogens is 8. The van der Waals surface area contributed by atoms with E-state index in [0.29, 0.717) is 0 Å². The van der Waals surface area contributed by atoms with Crippen molar-refractivity contribution in [1.29, 1.82) is 0 Å². The third kappa shape index (κ3) is 15.5. The van der Waals surface area contributed by atoms with Crippen molar-refractivity contribution < 1.29 is 49.3 Å². The molecule has 0 aromatic carbocycles. The monoisotopic (exact) mass is 334 g/mol. The minimum atomic E-state index is -4.69. The average molecular weight is 334 g/mol. The largest absolute Gasteiger partial charge is 0.394 e. The Kier molecular flexibility index (Phi) is 9.06. The summed E-state index contributed by atoms with van der Waals surface area (Å²) in [6.07, 6.45) is -17.9. The molecule has 11 heteroatoms. The summed E-state index contributed by atoms with van der Waals surface area (Å²) in [5.41, 5.74) is 0. The van der Waals surface area contributed by atoms with E-state index in [0.717, 1.165) is 0 Å². The van der Waals surface area contributed by atoms with Crippen LogP contribution in [0, 0.1) is 0 Å². The summed E-state index contributed by atoms with van der Waals surface area (Å²) in [6.45, 7) is -1.59. The quantitative estimate of drug-likeness (QED) is 0.452. The van der Waals surface area contributed by atoms with Crippen molar-refractivity contribution >= 4 is 0 Å². The Labute approximate surface area is 115 Å². The van der Waals surface area contributed by atoms with Gasteiger partial charge in [0.1, 0.15) is 0 Å². The molecule has 0 saturated carbocycles. The maximum Gasteiger partial charge on any atom is 0.394 e. The first kappa shape index (κ1) is 20.3. The van der Waals surface area contributed by atoms with Gasteiger partial charge >= 0.3 is 12.4 Å². The smallest absolute Gasteiger partial charge is 0.377 e. The van der Waals surface area contributed by atoms with E-state index in [1.165, 1.54) is 0 Å². The molecule has 128 valence electrons. The predicted octanol–water partition coefficient (Wildman–Crippen LogP) is 3.53. The molecule has 0 aromatic rings. The first-order valence-corrected chi connectivity index (χ1v) is 5.72. The third-order valence-electron chi connectivity index (χ3n) is 1.84. The van der Waals surface area contributed by atoms with Crippen LogP contribution in [0.4, 0.5) is 35.1 Å². The molecule has 0 rings (SSSR count). The summed E-state index contributed by atoms with van der Waals surface area (Å²) in [5, 5.41) is 0. The van der Waals surface area contributed by atoms with Gasteiger partial charge in [-0.3, -0.25) is 0 Å². The predicted molar refractivity (Wildman–Crippen MR) is 53.9 cm³/mol. The van der Waals surface area contributed by atoms with Crippen LogP contribution in [0.15, 0.2) is 0 Å². The summed E-state index contributed by atoms with van der Waals surface area (Å²) in [7, 11) is 0. The van der Waals surface area contributed by atoms with Gasteiger partial charge in [0, 0.05) is 0 Å².